The Kier molecular flexibility index (Phi) is 5.72. The molecule has 74 valence electrons. The summed E-state index contributed by atoms with van der Waals surface area (Å²) >= 11 is 0. The van der Waals surface area contributed by atoms with Crippen molar-refractivity contribution in [3.8, 4) is 0 Å². The number of hydrogen-bond donors (Lipinski definition) is 1. The van der Waals surface area contributed by atoms with Gasteiger partial charge in [-0.25, -0.2) is 0 Å². The third-order valence-electron chi connectivity index (χ3n) is 1.70. The van der Waals surface area contributed by atoms with Crippen LogP contribution in [0.25, 0.3) is 10.4 Å². The van der Waals surface area contributed by atoms with Gasteiger partial charge in [0.15, 0.2) is 0 Å². The standard InChI is InChI=1S/C8H15N3O2/c1-6(2)3-4-7(10-11-9)5-8(12)13/h6-7H,3-5H2,1-2H3,(H,12,13). The van der Waals surface area contributed by atoms with Crippen LogP contribution in [-0.4, -0.2) is 17.1 Å². The van der Waals surface area contributed by atoms with Gasteiger partial charge < -0.3 is 5.11 Å². The predicted molar refractivity (Wildman–Crippen MR) is 49.3 cm³/mol. The maximum Gasteiger partial charge on any atom is 0.303 e. The highest BCUT2D eigenvalue weighted by molar-refractivity contribution is 5.67. The molecular formula is C8H15N3O2. The largest absolute Gasteiger partial charge is 0.481 e. The molecule has 0 aliphatic rings. The lowest BCUT2D eigenvalue weighted by Gasteiger charge is -2.09. The van der Waals surface area contributed by atoms with E-state index in [0.717, 1.165) is 6.42 Å². The fourth-order valence-corrected chi connectivity index (χ4v) is 1.00. The Labute approximate surface area is 77.4 Å². The minimum atomic E-state index is -0.916. The van der Waals surface area contributed by atoms with Crippen LogP contribution in [0, 0.1) is 5.92 Å². The van der Waals surface area contributed by atoms with Crippen molar-refractivity contribution in [2.75, 3.05) is 0 Å². The lowest BCUT2D eigenvalue weighted by molar-refractivity contribution is -0.137. The molecule has 1 N–H and O–H groups in total. The lowest BCUT2D eigenvalue weighted by atomic mass is 10.0. The summed E-state index contributed by atoms with van der Waals surface area (Å²) in [5, 5.41) is 11.9. The van der Waals surface area contributed by atoms with Crippen molar-refractivity contribution in [3.05, 3.63) is 10.4 Å². The second-order valence-electron chi connectivity index (χ2n) is 3.43. The fourth-order valence-electron chi connectivity index (χ4n) is 1.00. The molecule has 0 spiro atoms. The average Bonchev–Trinajstić information content (AvgIpc) is 1.99. The summed E-state index contributed by atoms with van der Waals surface area (Å²) in [6.07, 6.45) is 1.46. The number of hydrogen-bond acceptors (Lipinski definition) is 2. The number of carboxylic acids is 1. The summed E-state index contributed by atoms with van der Waals surface area (Å²) in [4.78, 5) is 13.0. The Balaban J connectivity index is 3.94. The van der Waals surface area contributed by atoms with Gasteiger partial charge in [0, 0.05) is 11.0 Å². The van der Waals surface area contributed by atoms with Crippen molar-refractivity contribution in [1.29, 1.82) is 0 Å². The molecule has 5 heteroatoms. The van der Waals surface area contributed by atoms with Crippen molar-refractivity contribution in [1.82, 2.24) is 0 Å². The van der Waals surface area contributed by atoms with Gasteiger partial charge in [-0.05, 0) is 17.9 Å². The Morgan fingerprint density at radius 2 is 2.15 bits per heavy atom. The molecule has 0 fully saturated rings. The Bertz CT molecular complexity index is 209. The zero-order valence-electron chi connectivity index (χ0n) is 7.97. The van der Waals surface area contributed by atoms with Crippen LogP contribution < -0.4 is 0 Å². The number of aliphatic carboxylic acids is 1. The second-order valence-corrected chi connectivity index (χ2v) is 3.43. The van der Waals surface area contributed by atoms with Crippen LogP contribution in [0.2, 0.25) is 0 Å². The maximum absolute atomic E-state index is 10.3. The van der Waals surface area contributed by atoms with Crippen molar-refractivity contribution in [3.63, 3.8) is 0 Å². The number of rotatable bonds is 6. The molecule has 13 heavy (non-hydrogen) atoms. The molecule has 0 saturated heterocycles. The summed E-state index contributed by atoms with van der Waals surface area (Å²) < 4.78 is 0. The highest BCUT2D eigenvalue weighted by atomic mass is 16.4. The minimum Gasteiger partial charge on any atom is -0.481 e. The summed E-state index contributed by atoms with van der Waals surface area (Å²) in [6, 6.07) is -0.398. The minimum absolute atomic E-state index is 0.0726. The molecule has 0 radical (unpaired) electrons. The van der Waals surface area contributed by atoms with Crippen molar-refractivity contribution >= 4 is 5.97 Å². The first-order valence-corrected chi connectivity index (χ1v) is 4.32. The predicted octanol–water partition coefficient (Wildman–Crippen LogP) is 2.58. The highest BCUT2D eigenvalue weighted by Gasteiger charge is 2.11. The van der Waals surface area contributed by atoms with Crippen molar-refractivity contribution in [2.24, 2.45) is 11.0 Å². The van der Waals surface area contributed by atoms with Gasteiger partial charge in [-0.1, -0.05) is 25.4 Å². The molecule has 0 aliphatic carbocycles. The molecule has 0 amide bonds. The maximum atomic E-state index is 10.3. The van der Waals surface area contributed by atoms with E-state index < -0.39 is 12.0 Å². The molecule has 0 rings (SSSR count). The van der Waals surface area contributed by atoms with E-state index in [2.05, 4.69) is 10.0 Å². The third-order valence-corrected chi connectivity index (χ3v) is 1.70. The Morgan fingerprint density at radius 3 is 2.54 bits per heavy atom. The van der Waals surface area contributed by atoms with E-state index in [-0.39, 0.29) is 6.42 Å². The van der Waals surface area contributed by atoms with Gasteiger partial charge in [-0.2, -0.15) is 0 Å². The summed E-state index contributed by atoms with van der Waals surface area (Å²) in [6.45, 7) is 4.10. The molecule has 1 atom stereocenters. The Hall–Kier alpha value is -1.22. The smallest absolute Gasteiger partial charge is 0.303 e. The molecule has 0 aromatic heterocycles. The summed E-state index contributed by atoms with van der Waals surface area (Å²) in [5.74, 6) is -0.411. The number of azide groups is 1. The molecular weight excluding hydrogens is 170 g/mol. The molecule has 0 aromatic carbocycles. The molecule has 5 nitrogen and oxygen atoms in total. The monoisotopic (exact) mass is 185 g/mol. The van der Waals surface area contributed by atoms with Crippen LogP contribution in [0.1, 0.15) is 33.1 Å². The van der Waals surface area contributed by atoms with E-state index in [4.69, 9.17) is 10.6 Å². The number of carboxylic acid groups (broad SMARTS) is 1. The van der Waals surface area contributed by atoms with Crippen LogP contribution >= 0.6 is 0 Å². The third kappa shape index (κ3) is 7.15. The summed E-state index contributed by atoms with van der Waals surface area (Å²) in [7, 11) is 0. The zero-order valence-corrected chi connectivity index (χ0v) is 7.97. The topological polar surface area (TPSA) is 86.1 Å². The molecule has 0 bridgehead atoms. The van der Waals surface area contributed by atoms with Crippen LogP contribution in [0.5, 0.6) is 0 Å². The van der Waals surface area contributed by atoms with Crippen molar-refractivity contribution < 1.29 is 9.90 Å². The first-order valence-electron chi connectivity index (χ1n) is 4.32. The van der Waals surface area contributed by atoms with E-state index in [0.29, 0.717) is 12.3 Å². The molecule has 1 unspecified atom stereocenters. The Morgan fingerprint density at radius 1 is 1.54 bits per heavy atom. The SMILES string of the molecule is CC(C)CCC(CC(=O)O)N=[N+]=[N-]. The van der Waals surface area contributed by atoms with Crippen molar-refractivity contribution in [2.45, 2.75) is 39.2 Å². The number of carbonyl (C=O) groups is 1. The van der Waals surface area contributed by atoms with Gasteiger partial charge in [0.2, 0.25) is 0 Å². The van der Waals surface area contributed by atoms with Gasteiger partial charge in [-0.15, -0.1) is 0 Å². The average molecular weight is 185 g/mol. The van der Waals surface area contributed by atoms with E-state index in [1.54, 1.807) is 0 Å². The first kappa shape index (κ1) is 11.8. The molecule has 0 heterocycles. The van der Waals surface area contributed by atoms with Gasteiger partial charge in [0.05, 0.1) is 6.42 Å². The van der Waals surface area contributed by atoms with E-state index in [9.17, 15) is 4.79 Å². The van der Waals surface area contributed by atoms with E-state index in [1.165, 1.54) is 0 Å². The van der Waals surface area contributed by atoms with Gasteiger partial charge in [-0.3, -0.25) is 4.79 Å². The van der Waals surface area contributed by atoms with Crippen LogP contribution in [0.4, 0.5) is 0 Å². The van der Waals surface area contributed by atoms with Crippen LogP contribution in [0.15, 0.2) is 5.11 Å². The van der Waals surface area contributed by atoms with Crippen LogP contribution in [-0.2, 0) is 4.79 Å². The molecule has 0 aromatic rings. The molecule has 0 saturated carbocycles. The summed E-state index contributed by atoms with van der Waals surface area (Å²) in [5.41, 5.74) is 8.18. The normalized spacial score (nSPS) is 12.2. The van der Waals surface area contributed by atoms with Gasteiger partial charge >= 0.3 is 5.97 Å². The highest BCUT2D eigenvalue weighted by Crippen LogP contribution is 2.12. The first-order chi connectivity index (χ1) is 6.06. The van der Waals surface area contributed by atoms with Crippen LogP contribution in [0.3, 0.4) is 0 Å². The lowest BCUT2D eigenvalue weighted by Crippen LogP contribution is -2.11. The van der Waals surface area contributed by atoms with E-state index in [1.807, 2.05) is 13.8 Å². The van der Waals surface area contributed by atoms with E-state index >= 15 is 0 Å². The van der Waals surface area contributed by atoms with Gasteiger partial charge in [0.25, 0.3) is 0 Å². The quantitative estimate of drug-likeness (QED) is 0.391. The zero-order chi connectivity index (χ0) is 10.3. The fraction of sp³-hybridized carbons (Fsp3) is 0.875. The molecule has 0 aliphatic heterocycles. The second kappa shape index (κ2) is 6.31. The number of nitrogens with zero attached hydrogens (tertiary/aromatic N) is 3. The van der Waals surface area contributed by atoms with Gasteiger partial charge in [0.1, 0.15) is 0 Å².